The van der Waals surface area contributed by atoms with Gasteiger partial charge in [-0.05, 0) is 36.8 Å². The van der Waals surface area contributed by atoms with Crippen molar-refractivity contribution in [3.63, 3.8) is 0 Å². The largest absolute Gasteiger partial charge is 0.491 e. The molecule has 2 aromatic carbocycles. The third kappa shape index (κ3) is 4.22. The summed E-state index contributed by atoms with van der Waals surface area (Å²) in [5.41, 5.74) is 1.04. The van der Waals surface area contributed by atoms with Crippen LogP contribution in [-0.4, -0.2) is 12.5 Å². The van der Waals surface area contributed by atoms with E-state index in [1.54, 1.807) is 24.3 Å². The van der Waals surface area contributed by atoms with Crippen LogP contribution < -0.4 is 10.1 Å². The zero-order chi connectivity index (χ0) is 15.2. The molecule has 0 spiro atoms. The van der Waals surface area contributed by atoms with Gasteiger partial charge in [-0.15, -0.1) is 0 Å². The molecule has 0 heterocycles. The minimum atomic E-state index is -0.270. The Kier molecular flexibility index (Phi) is 5.65. The second kappa shape index (κ2) is 7.48. The summed E-state index contributed by atoms with van der Waals surface area (Å²) in [6, 6.07) is 12.5. The zero-order valence-electron chi connectivity index (χ0n) is 11.5. The lowest BCUT2D eigenvalue weighted by atomic mass is 10.2. The fraction of sp³-hybridized carbons (Fsp3) is 0.188. The molecule has 0 aliphatic heterocycles. The third-order valence-corrected chi connectivity index (χ3v) is 3.59. The highest BCUT2D eigenvalue weighted by Crippen LogP contribution is 2.26. The first-order valence-corrected chi connectivity index (χ1v) is 7.77. The third-order valence-electron chi connectivity index (χ3n) is 2.77. The number of rotatable bonds is 5. The maximum absolute atomic E-state index is 12.3. The van der Waals surface area contributed by atoms with Gasteiger partial charge in [-0.25, -0.2) is 0 Å². The molecule has 5 heteroatoms. The van der Waals surface area contributed by atoms with Crippen LogP contribution in [0.25, 0.3) is 0 Å². The van der Waals surface area contributed by atoms with Crippen LogP contribution in [-0.2, 0) is 0 Å². The molecule has 0 radical (unpaired) electrons. The van der Waals surface area contributed by atoms with E-state index in [-0.39, 0.29) is 5.91 Å². The Hall–Kier alpha value is -1.52. The van der Waals surface area contributed by atoms with Crippen LogP contribution in [0, 0.1) is 0 Å². The van der Waals surface area contributed by atoms with Gasteiger partial charge in [0, 0.05) is 4.47 Å². The number of anilines is 1. The van der Waals surface area contributed by atoms with E-state index in [9.17, 15) is 4.79 Å². The van der Waals surface area contributed by atoms with Crippen LogP contribution in [0.4, 0.5) is 5.69 Å². The number of hydrogen-bond acceptors (Lipinski definition) is 2. The first-order valence-electron chi connectivity index (χ1n) is 6.60. The van der Waals surface area contributed by atoms with Crippen LogP contribution in [0.5, 0.6) is 5.75 Å². The van der Waals surface area contributed by atoms with Gasteiger partial charge in [0.1, 0.15) is 5.75 Å². The summed E-state index contributed by atoms with van der Waals surface area (Å²) in [7, 11) is 0. The molecule has 0 unspecified atom stereocenters. The molecule has 2 aromatic rings. The molecule has 0 atom stereocenters. The average Bonchev–Trinajstić information content (AvgIpc) is 2.48. The Bertz CT molecular complexity index is 646. The van der Waals surface area contributed by atoms with Crippen LogP contribution in [0.1, 0.15) is 23.7 Å². The Labute approximate surface area is 137 Å². The molecule has 21 heavy (non-hydrogen) atoms. The number of halogens is 2. The van der Waals surface area contributed by atoms with Crippen molar-refractivity contribution in [3.8, 4) is 5.75 Å². The standard InChI is InChI=1S/C16H15BrClNO2/c1-2-9-21-15-6-4-3-5-14(15)19-16(20)12-10-11(17)7-8-13(12)18/h3-8,10H,2,9H2,1H3,(H,19,20). The topological polar surface area (TPSA) is 38.3 Å². The van der Waals surface area contributed by atoms with E-state index in [0.717, 1.165) is 10.9 Å². The van der Waals surface area contributed by atoms with Crippen LogP contribution >= 0.6 is 27.5 Å². The monoisotopic (exact) mass is 367 g/mol. The minimum absolute atomic E-state index is 0.270. The number of benzene rings is 2. The highest BCUT2D eigenvalue weighted by atomic mass is 79.9. The molecule has 0 saturated heterocycles. The van der Waals surface area contributed by atoms with Gasteiger partial charge in [-0.2, -0.15) is 0 Å². The molecular weight excluding hydrogens is 354 g/mol. The Morgan fingerprint density at radius 2 is 2.05 bits per heavy atom. The van der Waals surface area contributed by atoms with Gasteiger partial charge in [0.15, 0.2) is 0 Å². The van der Waals surface area contributed by atoms with Crippen molar-refractivity contribution in [1.29, 1.82) is 0 Å². The fourth-order valence-electron chi connectivity index (χ4n) is 1.77. The Balaban J connectivity index is 2.21. The predicted octanol–water partition coefficient (Wildman–Crippen LogP) is 5.14. The van der Waals surface area contributed by atoms with Gasteiger partial charge in [-0.1, -0.05) is 46.6 Å². The molecule has 0 saturated carbocycles. The van der Waals surface area contributed by atoms with E-state index in [1.807, 2.05) is 25.1 Å². The number of hydrogen-bond donors (Lipinski definition) is 1. The minimum Gasteiger partial charge on any atom is -0.491 e. The number of carbonyl (C=O) groups excluding carboxylic acids is 1. The molecule has 0 fully saturated rings. The molecule has 110 valence electrons. The van der Waals surface area contributed by atoms with Crippen molar-refractivity contribution < 1.29 is 9.53 Å². The van der Waals surface area contributed by atoms with Crippen molar-refractivity contribution in [1.82, 2.24) is 0 Å². The van der Waals surface area contributed by atoms with Gasteiger partial charge in [-0.3, -0.25) is 4.79 Å². The fourth-order valence-corrected chi connectivity index (χ4v) is 2.33. The van der Waals surface area contributed by atoms with E-state index in [1.165, 1.54) is 0 Å². The van der Waals surface area contributed by atoms with Crippen molar-refractivity contribution in [2.24, 2.45) is 0 Å². The van der Waals surface area contributed by atoms with Gasteiger partial charge in [0.2, 0.25) is 0 Å². The zero-order valence-corrected chi connectivity index (χ0v) is 13.9. The molecular formula is C16H15BrClNO2. The maximum Gasteiger partial charge on any atom is 0.257 e. The lowest BCUT2D eigenvalue weighted by Gasteiger charge is -2.12. The molecule has 0 bridgehead atoms. The van der Waals surface area contributed by atoms with Crippen molar-refractivity contribution >= 4 is 39.1 Å². The summed E-state index contributed by atoms with van der Waals surface area (Å²) in [5, 5.41) is 3.24. The Morgan fingerprint density at radius 1 is 1.29 bits per heavy atom. The van der Waals surface area contributed by atoms with E-state index >= 15 is 0 Å². The van der Waals surface area contributed by atoms with E-state index in [2.05, 4.69) is 21.2 Å². The number of para-hydroxylation sites is 2. The van der Waals surface area contributed by atoms with Crippen molar-refractivity contribution in [2.45, 2.75) is 13.3 Å². The quantitative estimate of drug-likeness (QED) is 0.793. The van der Waals surface area contributed by atoms with Gasteiger partial charge in [0.25, 0.3) is 5.91 Å². The summed E-state index contributed by atoms with van der Waals surface area (Å²) in [4.78, 5) is 12.3. The number of amides is 1. The van der Waals surface area contributed by atoms with Crippen molar-refractivity contribution in [3.05, 3.63) is 57.5 Å². The van der Waals surface area contributed by atoms with Gasteiger partial charge >= 0.3 is 0 Å². The average molecular weight is 369 g/mol. The lowest BCUT2D eigenvalue weighted by Crippen LogP contribution is -2.13. The molecule has 0 aliphatic rings. The van der Waals surface area contributed by atoms with Crippen LogP contribution in [0.2, 0.25) is 5.02 Å². The van der Waals surface area contributed by atoms with Crippen LogP contribution in [0.3, 0.4) is 0 Å². The maximum atomic E-state index is 12.3. The summed E-state index contributed by atoms with van der Waals surface area (Å²) in [6.07, 6.45) is 0.903. The first-order chi connectivity index (χ1) is 10.1. The second-order valence-corrected chi connectivity index (χ2v) is 5.75. The number of carbonyl (C=O) groups is 1. The normalized spacial score (nSPS) is 10.2. The van der Waals surface area contributed by atoms with E-state index < -0.39 is 0 Å². The molecule has 0 aliphatic carbocycles. The first kappa shape index (κ1) is 15.9. The highest BCUT2D eigenvalue weighted by Gasteiger charge is 2.13. The molecule has 0 aromatic heterocycles. The highest BCUT2D eigenvalue weighted by molar-refractivity contribution is 9.10. The van der Waals surface area contributed by atoms with E-state index in [4.69, 9.17) is 16.3 Å². The molecule has 3 nitrogen and oxygen atoms in total. The summed E-state index contributed by atoms with van der Waals surface area (Å²) < 4.78 is 6.42. The second-order valence-electron chi connectivity index (χ2n) is 4.42. The predicted molar refractivity (Wildman–Crippen MR) is 89.3 cm³/mol. The van der Waals surface area contributed by atoms with Crippen molar-refractivity contribution in [2.75, 3.05) is 11.9 Å². The lowest BCUT2D eigenvalue weighted by molar-refractivity contribution is 0.102. The molecule has 1 N–H and O–H groups in total. The SMILES string of the molecule is CCCOc1ccccc1NC(=O)c1cc(Br)ccc1Cl. The Morgan fingerprint density at radius 3 is 2.81 bits per heavy atom. The molecule has 2 rings (SSSR count). The summed E-state index contributed by atoms with van der Waals surface area (Å²) in [6.45, 7) is 2.63. The summed E-state index contributed by atoms with van der Waals surface area (Å²) >= 11 is 9.40. The number of nitrogens with one attached hydrogen (secondary N) is 1. The molecule has 1 amide bonds. The van der Waals surface area contributed by atoms with E-state index in [0.29, 0.717) is 28.6 Å². The number of ether oxygens (including phenoxy) is 1. The van der Waals surface area contributed by atoms with Gasteiger partial charge < -0.3 is 10.1 Å². The van der Waals surface area contributed by atoms with Crippen LogP contribution in [0.15, 0.2) is 46.9 Å². The van der Waals surface area contributed by atoms with Gasteiger partial charge in [0.05, 0.1) is 22.9 Å². The smallest absolute Gasteiger partial charge is 0.257 e. The summed E-state index contributed by atoms with van der Waals surface area (Å²) in [5.74, 6) is 0.382.